The van der Waals surface area contributed by atoms with Crippen LogP contribution in [0.2, 0.25) is 0 Å². The van der Waals surface area contributed by atoms with Gasteiger partial charge in [0.25, 0.3) is 0 Å². The van der Waals surface area contributed by atoms with E-state index >= 15 is 0 Å². The molecule has 6 nitrogen and oxygen atoms in total. The zero-order valence-corrected chi connectivity index (χ0v) is 16.4. The topological polar surface area (TPSA) is 78.5 Å². The minimum absolute atomic E-state index is 0.00608. The largest absolute Gasteiger partial charge is 0.344 e. The van der Waals surface area contributed by atoms with E-state index in [4.69, 9.17) is 0 Å². The van der Waals surface area contributed by atoms with Crippen molar-refractivity contribution in [2.24, 2.45) is 11.8 Å². The highest BCUT2D eigenvalue weighted by Gasteiger charge is 2.33. The molecule has 1 saturated heterocycles. The Hall–Kier alpha value is -1.59. The van der Waals surface area contributed by atoms with Gasteiger partial charge in [-0.1, -0.05) is 40.5 Å². The van der Waals surface area contributed by atoms with Crippen molar-refractivity contribution >= 4 is 17.7 Å². The van der Waals surface area contributed by atoms with Crippen LogP contribution in [0.5, 0.6) is 0 Å². The summed E-state index contributed by atoms with van der Waals surface area (Å²) in [7, 11) is 0. The van der Waals surface area contributed by atoms with Crippen LogP contribution in [0.1, 0.15) is 66.7 Å². The van der Waals surface area contributed by atoms with E-state index in [9.17, 15) is 14.4 Å². The number of rotatable bonds is 8. The summed E-state index contributed by atoms with van der Waals surface area (Å²) in [5, 5.41) is 5.68. The number of piperidine rings is 1. The van der Waals surface area contributed by atoms with Gasteiger partial charge in [0.1, 0.15) is 12.1 Å². The van der Waals surface area contributed by atoms with Crippen molar-refractivity contribution in [3.05, 3.63) is 0 Å². The van der Waals surface area contributed by atoms with Gasteiger partial charge in [-0.05, 0) is 31.1 Å². The molecule has 6 heteroatoms. The van der Waals surface area contributed by atoms with Crippen molar-refractivity contribution < 1.29 is 14.4 Å². The van der Waals surface area contributed by atoms with Gasteiger partial charge in [-0.25, -0.2) is 0 Å². The fourth-order valence-electron chi connectivity index (χ4n) is 3.16. The third kappa shape index (κ3) is 6.33. The molecule has 1 aliphatic rings. The molecular formula is C19H35N3O3. The molecule has 1 rings (SSSR count). The summed E-state index contributed by atoms with van der Waals surface area (Å²) in [6, 6.07) is -1.14. The maximum absolute atomic E-state index is 12.9. The molecule has 1 fully saturated rings. The van der Waals surface area contributed by atoms with Crippen LogP contribution in [0.25, 0.3) is 0 Å². The van der Waals surface area contributed by atoms with Gasteiger partial charge >= 0.3 is 0 Å². The third-order valence-electron chi connectivity index (χ3n) is 5.30. The summed E-state index contributed by atoms with van der Waals surface area (Å²) in [4.78, 5) is 39.1. The third-order valence-corrected chi connectivity index (χ3v) is 5.30. The number of hydrogen-bond donors (Lipinski definition) is 2. The molecular weight excluding hydrogens is 318 g/mol. The van der Waals surface area contributed by atoms with Gasteiger partial charge in [0.15, 0.2) is 0 Å². The van der Waals surface area contributed by atoms with Gasteiger partial charge in [0.05, 0.1) is 0 Å². The predicted octanol–water partition coefficient (Wildman–Crippen LogP) is 2.08. The van der Waals surface area contributed by atoms with E-state index in [1.165, 1.54) is 6.92 Å². The fraction of sp³-hybridized carbons (Fsp3) is 0.842. The first-order chi connectivity index (χ1) is 11.8. The van der Waals surface area contributed by atoms with Crippen molar-refractivity contribution in [3.63, 3.8) is 0 Å². The molecule has 3 amide bonds. The molecule has 0 aromatic carbocycles. The van der Waals surface area contributed by atoms with E-state index in [-0.39, 0.29) is 29.6 Å². The van der Waals surface area contributed by atoms with Gasteiger partial charge in [-0.3, -0.25) is 14.4 Å². The van der Waals surface area contributed by atoms with Gasteiger partial charge in [0, 0.05) is 20.0 Å². The molecule has 0 aromatic rings. The van der Waals surface area contributed by atoms with Gasteiger partial charge in [-0.2, -0.15) is 0 Å². The lowest BCUT2D eigenvalue weighted by molar-refractivity contribution is -0.139. The molecule has 25 heavy (non-hydrogen) atoms. The van der Waals surface area contributed by atoms with E-state index in [1.807, 2.05) is 32.6 Å². The Labute approximate surface area is 152 Å². The molecule has 1 aliphatic heterocycles. The molecule has 0 aromatic heterocycles. The normalized spacial score (nSPS) is 19.5. The number of amides is 3. The zero-order valence-electron chi connectivity index (χ0n) is 16.4. The Kier molecular flexibility index (Phi) is 8.93. The summed E-state index contributed by atoms with van der Waals surface area (Å²) in [6.45, 7) is 10.9. The molecule has 0 spiro atoms. The number of carbonyl (C=O) groups excluding carboxylic acids is 3. The summed E-state index contributed by atoms with van der Waals surface area (Å²) >= 11 is 0. The molecule has 144 valence electrons. The number of hydrogen-bond acceptors (Lipinski definition) is 3. The van der Waals surface area contributed by atoms with E-state index in [1.54, 1.807) is 0 Å². The zero-order chi connectivity index (χ0) is 19.0. The summed E-state index contributed by atoms with van der Waals surface area (Å²) in [5.74, 6) is -0.434. The minimum Gasteiger partial charge on any atom is -0.344 e. The first kappa shape index (κ1) is 21.5. The highest BCUT2D eigenvalue weighted by atomic mass is 16.2. The molecule has 0 unspecified atom stereocenters. The Bertz CT molecular complexity index is 461. The molecule has 4 atom stereocenters. The molecule has 0 saturated carbocycles. The summed E-state index contributed by atoms with van der Waals surface area (Å²) < 4.78 is 0. The summed E-state index contributed by atoms with van der Waals surface area (Å²) in [6.07, 6.45) is 4.77. The lowest BCUT2D eigenvalue weighted by atomic mass is 9.94. The fourth-order valence-corrected chi connectivity index (χ4v) is 3.16. The first-order valence-electron chi connectivity index (χ1n) is 9.68. The average Bonchev–Trinajstić information content (AvgIpc) is 2.62. The lowest BCUT2D eigenvalue weighted by Gasteiger charge is -2.34. The minimum atomic E-state index is -0.608. The molecule has 2 N–H and O–H groups in total. The highest BCUT2D eigenvalue weighted by Crippen LogP contribution is 2.17. The van der Waals surface area contributed by atoms with Crippen LogP contribution in [0, 0.1) is 11.8 Å². The number of nitrogens with one attached hydrogen (secondary N) is 2. The number of nitrogens with zero attached hydrogens (tertiary/aromatic N) is 1. The standard InChI is InChI=1S/C19H35N3O3/c1-6-13(3)16(20-15(5)23)18(24)21-17(14(4)7-2)19(25)22-11-9-8-10-12-22/h13-14,16-17H,6-12H2,1-5H3,(H,20,23)(H,21,24)/t13-,14-,16-,17-/m0/s1. The van der Waals surface area contributed by atoms with E-state index in [2.05, 4.69) is 10.6 Å². The Balaban J connectivity index is 2.89. The van der Waals surface area contributed by atoms with E-state index in [0.717, 1.165) is 45.2 Å². The molecule has 0 radical (unpaired) electrons. The van der Waals surface area contributed by atoms with Crippen molar-refractivity contribution in [3.8, 4) is 0 Å². The monoisotopic (exact) mass is 353 g/mol. The van der Waals surface area contributed by atoms with Crippen molar-refractivity contribution in [2.45, 2.75) is 78.8 Å². The van der Waals surface area contributed by atoms with Gasteiger partial charge in [0.2, 0.25) is 17.7 Å². The van der Waals surface area contributed by atoms with E-state index < -0.39 is 12.1 Å². The molecule has 0 bridgehead atoms. The molecule has 0 aliphatic carbocycles. The van der Waals surface area contributed by atoms with Crippen LogP contribution in [0.4, 0.5) is 0 Å². The number of likely N-dealkylation sites (tertiary alicyclic amines) is 1. The van der Waals surface area contributed by atoms with Crippen LogP contribution in [0.15, 0.2) is 0 Å². The van der Waals surface area contributed by atoms with Crippen molar-refractivity contribution in [2.75, 3.05) is 13.1 Å². The van der Waals surface area contributed by atoms with Crippen LogP contribution in [-0.4, -0.2) is 47.8 Å². The van der Waals surface area contributed by atoms with Crippen LogP contribution < -0.4 is 10.6 Å². The molecule has 1 heterocycles. The Morgan fingerprint density at radius 1 is 0.880 bits per heavy atom. The van der Waals surface area contributed by atoms with Crippen LogP contribution in [0.3, 0.4) is 0 Å². The number of carbonyl (C=O) groups is 3. The maximum atomic E-state index is 12.9. The highest BCUT2D eigenvalue weighted by molar-refractivity contribution is 5.92. The van der Waals surface area contributed by atoms with Crippen LogP contribution in [-0.2, 0) is 14.4 Å². The van der Waals surface area contributed by atoms with Gasteiger partial charge < -0.3 is 15.5 Å². The second kappa shape index (κ2) is 10.4. The van der Waals surface area contributed by atoms with Gasteiger partial charge in [-0.15, -0.1) is 0 Å². The Morgan fingerprint density at radius 3 is 1.88 bits per heavy atom. The van der Waals surface area contributed by atoms with E-state index in [0.29, 0.717) is 0 Å². The van der Waals surface area contributed by atoms with Crippen molar-refractivity contribution in [1.29, 1.82) is 0 Å². The average molecular weight is 354 g/mol. The Morgan fingerprint density at radius 2 is 1.40 bits per heavy atom. The van der Waals surface area contributed by atoms with Crippen molar-refractivity contribution in [1.82, 2.24) is 15.5 Å². The maximum Gasteiger partial charge on any atom is 0.245 e. The first-order valence-corrected chi connectivity index (χ1v) is 9.68. The summed E-state index contributed by atoms with van der Waals surface area (Å²) in [5.41, 5.74) is 0. The second-order valence-corrected chi connectivity index (χ2v) is 7.32. The second-order valence-electron chi connectivity index (χ2n) is 7.32. The smallest absolute Gasteiger partial charge is 0.245 e. The lowest BCUT2D eigenvalue weighted by Crippen LogP contribution is -2.58. The van der Waals surface area contributed by atoms with Crippen LogP contribution >= 0.6 is 0 Å². The predicted molar refractivity (Wildman–Crippen MR) is 98.9 cm³/mol. The SMILES string of the molecule is CC[C@H](C)[C@H](NC(C)=O)C(=O)N[C@H](C(=O)N1CCCCC1)[C@@H](C)CC. The quantitative estimate of drug-likeness (QED) is 0.701.